The first kappa shape index (κ1) is 15.5. The van der Waals surface area contributed by atoms with E-state index in [9.17, 15) is 8.78 Å². The standard InChI is InChI=1S/C16H19F2N3/c1-2-11-3-4-15(20-10-11)9-16(21-19)7-12-5-13(17)8-14(18)6-12/h3-6,8,10,16,21H,2,7,9,19H2,1H3. The molecule has 0 aliphatic rings. The molecular weight excluding hydrogens is 272 g/mol. The number of nitrogens with zero attached hydrogens (tertiary/aromatic N) is 1. The van der Waals surface area contributed by atoms with Gasteiger partial charge in [0.25, 0.3) is 0 Å². The number of nitrogens with two attached hydrogens (primary N) is 1. The lowest BCUT2D eigenvalue weighted by Gasteiger charge is -2.16. The van der Waals surface area contributed by atoms with Crippen molar-refractivity contribution in [3.8, 4) is 0 Å². The lowest BCUT2D eigenvalue weighted by molar-refractivity contribution is 0.511. The van der Waals surface area contributed by atoms with Gasteiger partial charge in [-0.1, -0.05) is 13.0 Å². The smallest absolute Gasteiger partial charge is 0.126 e. The largest absolute Gasteiger partial charge is 0.271 e. The fourth-order valence-corrected chi connectivity index (χ4v) is 2.24. The summed E-state index contributed by atoms with van der Waals surface area (Å²) in [6.07, 6.45) is 3.81. The summed E-state index contributed by atoms with van der Waals surface area (Å²) in [7, 11) is 0. The maximum absolute atomic E-state index is 13.2. The minimum Gasteiger partial charge on any atom is -0.271 e. The summed E-state index contributed by atoms with van der Waals surface area (Å²) in [6, 6.07) is 7.35. The van der Waals surface area contributed by atoms with Crippen molar-refractivity contribution in [3.63, 3.8) is 0 Å². The number of hydrazine groups is 1. The van der Waals surface area contributed by atoms with Crippen LogP contribution in [0.1, 0.15) is 23.7 Å². The van der Waals surface area contributed by atoms with E-state index in [1.165, 1.54) is 17.7 Å². The quantitative estimate of drug-likeness (QED) is 0.635. The van der Waals surface area contributed by atoms with E-state index in [1.54, 1.807) is 0 Å². The van der Waals surface area contributed by atoms with Crippen molar-refractivity contribution >= 4 is 0 Å². The summed E-state index contributed by atoms with van der Waals surface area (Å²) >= 11 is 0. The van der Waals surface area contributed by atoms with Crippen LogP contribution < -0.4 is 11.3 Å². The molecule has 1 heterocycles. The van der Waals surface area contributed by atoms with Crippen molar-refractivity contribution in [2.45, 2.75) is 32.2 Å². The van der Waals surface area contributed by atoms with Crippen molar-refractivity contribution in [3.05, 3.63) is 65.0 Å². The molecule has 1 atom stereocenters. The van der Waals surface area contributed by atoms with Crippen LogP contribution in [0.15, 0.2) is 36.5 Å². The van der Waals surface area contributed by atoms with E-state index in [2.05, 4.69) is 17.3 Å². The van der Waals surface area contributed by atoms with E-state index < -0.39 is 11.6 Å². The van der Waals surface area contributed by atoms with Crippen LogP contribution in [0.3, 0.4) is 0 Å². The van der Waals surface area contributed by atoms with E-state index in [4.69, 9.17) is 5.84 Å². The van der Waals surface area contributed by atoms with Gasteiger partial charge in [-0.15, -0.1) is 0 Å². The number of rotatable bonds is 6. The maximum atomic E-state index is 13.2. The highest BCUT2D eigenvalue weighted by molar-refractivity contribution is 5.20. The molecule has 0 bridgehead atoms. The number of aromatic nitrogens is 1. The first-order chi connectivity index (χ1) is 10.1. The average Bonchev–Trinajstić information content (AvgIpc) is 2.46. The lowest BCUT2D eigenvalue weighted by Crippen LogP contribution is -2.38. The van der Waals surface area contributed by atoms with Gasteiger partial charge in [0.15, 0.2) is 0 Å². The predicted octanol–water partition coefficient (Wildman–Crippen LogP) is 2.54. The Labute approximate surface area is 123 Å². The molecule has 112 valence electrons. The maximum Gasteiger partial charge on any atom is 0.126 e. The van der Waals surface area contributed by atoms with Gasteiger partial charge in [-0.05, 0) is 42.2 Å². The van der Waals surface area contributed by atoms with Crippen LogP contribution in [0.2, 0.25) is 0 Å². The molecule has 1 unspecified atom stereocenters. The third-order valence-corrected chi connectivity index (χ3v) is 3.39. The Bertz CT molecular complexity index is 564. The zero-order chi connectivity index (χ0) is 15.2. The summed E-state index contributed by atoms with van der Waals surface area (Å²) < 4.78 is 26.4. The average molecular weight is 291 g/mol. The van der Waals surface area contributed by atoms with Gasteiger partial charge in [-0.2, -0.15) is 0 Å². The van der Waals surface area contributed by atoms with E-state index in [1.807, 2.05) is 18.3 Å². The van der Waals surface area contributed by atoms with Crippen LogP contribution in [0.25, 0.3) is 0 Å². The number of pyridine rings is 1. The Kier molecular flexibility index (Phi) is 5.36. The van der Waals surface area contributed by atoms with Gasteiger partial charge in [-0.3, -0.25) is 16.3 Å². The second kappa shape index (κ2) is 7.24. The van der Waals surface area contributed by atoms with Crippen molar-refractivity contribution in [1.82, 2.24) is 10.4 Å². The molecule has 0 aliphatic carbocycles. The van der Waals surface area contributed by atoms with Crippen molar-refractivity contribution in [2.75, 3.05) is 0 Å². The number of hydrogen-bond acceptors (Lipinski definition) is 3. The molecule has 0 radical (unpaired) electrons. The highest BCUT2D eigenvalue weighted by Crippen LogP contribution is 2.12. The number of hydrogen-bond donors (Lipinski definition) is 2. The number of halogens is 2. The zero-order valence-electron chi connectivity index (χ0n) is 11.9. The first-order valence-electron chi connectivity index (χ1n) is 6.95. The number of aryl methyl sites for hydroxylation is 1. The molecule has 0 saturated heterocycles. The minimum atomic E-state index is -0.578. The summed E-state index contributed by atoms with van der Waals surface area (Å²) in [6.45, 7) is 2.07. The molecule has 2 rings (SSSR count). The molecule has 0 fully saturated rings. The van der Waals surface area contributed by atoms with E-state index in [0.29, 0.717) is 18.4 Å². The molecular formula is C16H19F2N3. The SMILES string of the molecule is CCc1ccc(CC(Cc2cc(F)cc(F)c2)NN)nc1. The second-order valence-electron chi connectivity index (χ2n) is 5.06. The second-order valence-corrected chi connectivity index (χ2v) is 5.06. The summed E-state index contributed by atoms with van der Waals surface area (Å²) in [5.41, 5.74) is 5.32. The molecule has 0 saturated carbocycles. The lowest BCUT2D eigenvalue weighted by atomic mass is 10.0. The molecule has 1 aromatic carbocycles. The Morgan fingerprint density at radius 2 is 1.81 bits per heavy atom. The number of nitrogens with one attached hydrogen (secondary N) is 1. The fraction of sp³-hybridized carbons (Fsp3) is 0.312. The first-order valence-corrected chi connectivity index (χ1v) is 6.95. The Morgan fingerprint density at radius 3 is 2.33 bits per heavy atom. The molecule has 2 aromatic rings. The van der Waals surface area contributed by atoms with Gasteiger partial charge in [0, 0.05) is 30.4 Å². The van der Waals surface area contributed by atoms with Crippen LogP contribution in [-0.2, 0) is 19.3 Å². The zero-order valence-corrected chi connectivity index (χ0v) is 11.9. The molecule has 0 amide bonds. The Balaban J connectivity index is 2.05. The third kappa shape index (κ3) is 4.58. The summed E-state index contributed by atoms with van der Waals surface area (Å²) in [4.78, 5) is 4.37. The van der Waals surface area contributed by atoms with Gasteiger partial charge in [0.1, 0.15) is 11.6 Å². The van der Waals surface area contributed by atoms with Crippen molar-refractivity contribution in [2.24, 2.45) is 5.84 Å². The van der Waals surface area contributed by atoms with E-state index in [-0.39, 0.29) is 6.04 Å². The summed E-state index contributed by atoms with van der Waals surface area (Å²) in [5.74, 6) is 4.38. The molecule has 0 spiro atoms. The van der Waals surface area contributed by atoms with Crippen LogP contribution in [0, 0.1) is 11.6 Å². The fourth-order valence-electron chi connectivity index (χ4n) is 2.24. The highest BCUT2D eigenvalue weighted by Gasteiger charge is 2.11. The van der Waals surface area contributed by atoms with E-state index in [0.717, 1.165) is 18.2 Å². The Morgan fingerprint density at radius 1 is 1.10 bits per heavy atom. The molecule has 3 nitrogen and oxygen atoms in total. The highest BCUT2D eigenvalue weighted by atomic mass is 19.1. The van der Waals surface area contributed by atoms with Crippen LogP contribution in [0.5, 0.6) is 0 Å². The third-order valence-electron chi connectivity index (χ3n) is 3.39. The Hall–Kier alpha value is -1.85. The van der Waals surface area contributed by atoms with Crippen LogP contribution in [-0.4, -0.2) is 11.0 Å². The van der Waals surface area contributed by atoms with Gasteiger partial charge < -0.3 is 0 Å². The van der Waals surface area contributed by atoms with Crippen molar-refractivity contribution < 1.29 is 8.78 Å². The van der Waals surface area contributed by atoms with Crippen LogP contribution >= 0.6 is 0 Å². The topological polar surface area (TPSA) is 50.9 Å². The van der Waals surface area contributed by atoms with Gasteiger partial charge >= 0.3 is 0 Å². The normalized spacial score (nSPS) is 12.4. The van der Waals surface area contributed by atoms with Gasteiger partial charge in [0.2, 0.25) is 0 Å². The monoisotopic (exact) mass is 291 g/mol. The molecule has 1 aromatic heterocycles. The van der Waals surface area contributed by atoms with Crippen molar-refractivity contribution in [1.29, 1.82) is 0 Å². The molecule has 5 heteroatoms. The molecule has 3 N–H and O–H groups in total. The van der Waals surface area contributed by atoms with Crippen LogP contribution in [0.4, 0.5) is 8.78 Å². The van der Waals surface area contributed by atoms with E-state index >= 15 is 0 Å². The van der Waals surface area contributed by atoms with Gasteiger partial charge in [0.05, 0.1) is 0 Å². The predicted molar refractivity (Wildman–Crippen MR) is 78.5 cm³/mol. The number of benzene rings is 1. The summed E-state index contributed by atoms with van der Waals surface area (Å²) in [5, 5.41) is 0. The van der Waals surface area contributed by atoms with Gasteiger partial charge in [-0.25, -0.2) is 8.78 Å². The molecule has 21 heavy (non-hydrogen) atoms. The molecule has 0 aliphatic heterocycles. The minimum absolute atomic E-state index is 0.133.